The highest BCUT2D eigenvalue weighted by Gasteiger charge is 2.22. The van der Waals surface area contributed by atoms with Crippen LogP contribution in [0.15, 0.2) is 6.07 Å². The summed E-state index contributed by atoms with van der Waals surface area (Å²) >= 11 is 1.90. The van der Waals surface area contributed by atoms with Gasteiger partial charge in [-0.25, -0.2) is 9.97 Å². The first kappa shape index (κ1) is 16.8. The molecule has 3 nitrogen and oxygen atoms in total. The van der Waals surface area contributed by atoms with Crippen molar-refractivity contribution in [3.05, 3.63) is 22.5 Å². The highest BCUT2D eigenvalue weighted by Crippen LogP contribution is 2.39. The van der Waals surface area contributed by atoms with Crippen LogP contribution < -0.4 is 0 Å². The largest absolute Gasteiger partial charge is 0.296 e. The van der Waals surface area contributed by atoms with Crippen molar-refractivity contribution in [2.75, 3.05) is 7.05 Å². The number of hydrogen-bond donors (Lipinski definition) is 0. The third-order valence-electron chi connectivity index (χ3n) is 5.14. The summed E-state index contributed by atoms with van der Waals surface area (Å²) in [5, 5.41) is 1.28. The second-order valence-corrected chi connectivity index (χ2v) is 9.01. The van der Waals surface area contributed by atoms with Crippen molar-refractivity contribution in [3.63, 3.8) is 0 Å². The molecule has 126 valence electrons. The maximum Gasteiger partial charge on any atom is 0.127 e. The van der Waals surface area contributed by atoms with Gasteiger partial charge < -0.3 is 0 Å². The van der Waals surface area contributed by atoms with Crippen LogP contribution >= 0.6 is 11.3 Å². The first-order chi connectivity index (χ1) is 10.8. The Morgan fingerprint density at radius 2 is 1.87 bits per heavy atom. The van der Waals surface area contributed by atoms with Crippen molar-refractivity contribution in [2.45, 2.75) is 77.8 Å². The Balaban J connectivity index is 1.95. The highest BCUT2D eigenvalue weighted by atomic mass is 32.1. The van der Waals surface area contributed by atoms with Gasteiger partial charge in [0.05, 0.1) is 5.69 Å². The predicted molar refractivity (Wildman–Crippen MR) is 99.2 cm³/mol. The molecule has 1 fully saturated rings. The van der Waals surface area contributed by atoms with Crippen LogP contribution in [-0.4, -0.2) is 27.5 Å². The number of aryl methyl sites for hydroxylation is 1. The third-order valence-corrected chi connectivity index (χ3v) is 6.33. The molecule has 23 heavy (non-hydrogen) atoms. The molecule has 1 aliphatic carbocycles. The van der Waals surface area contributed by atoms with E-state index in [1.54, 1.807) is 0 Å². The van der Waals surface area contributed by atoms with Gasteiger partial charge in [-0.1, -0.05) is 19.3 Å². The van der Waals surface area contributed by atoms with Gasteiger partial charge in [0.2, 0.25) is 0 Å². The van der Waals surface area contributed by atoms with Crippen LogP contribution in [0.1, 0.15) is 75.2 Å². The molecule has 0 aliphatic heterocycles. The molecular formula is C19H29N3S. The number of rotatable bonds is 3. The van der Waals surface area contributed by atoms with E-state index >= 15 is 0 Å². The molecule has 2 heterocycles. The summed E-state index contributed by atoms with van der Waals surface area (Å²) < 4.78 is 0. The summed E-state index contributed by atoms with van der Waals surface area (Å²) in [5.74, 6) is 1.64. The lowest BCUT2D eigenvalue weighted by Gasteiger charge is -2.31. The Morgan fingerprint density at radius 1 is 1.17 bits per heavy atom. The van der Waals surface area contributed by atoms with Gasteiger partial charge in [0.1, 0.15) is 10.7 Å². The van der Waals surface area contributed by atoms with Crippen molar-refractivity contribution in [3.8, 4) is 0 Å². The second-order valence-electron chi connectivity index (χ2n) is 7.95. The molecular weight excluding hydrogens is 302 g/mol. The van der Waals surface area contributed by atoms with E-state index in [1.165, 1.54) is 52.9 Å². The second kappa shape index (κ2) is 6.48. The number of thiophene rings is 1. The van der Waals surface area contributed by atoms with Crippen LogP contribution in [-0.2, 0) is 6.54 Å². The van der Waals surface area contributed by atoms with Gasteiger partial charge in [-0.05, 0) is 59.6 Å². The molecule has 0 aromatic carbocycles. The van der Waals surface area contributed by atoms with E-state index in [-0.39, 0.29) is 5.54 Å². The Labute approximate surface area is 144 Å². The molecule has 0 N–H and O–H groups in total. The average molecular weight is 332 g/mol. The fourth-order valence-electron chi connectivity index (χ4n) is 3.29. The molecule has 0 amide bonds. The normalized spacial score (nSPS) is 17.3. The number of nitrogens with zero attached hydrogens (tertiary/aromatic N) is 3. The molecule has 1 aliphatic rings. The smallest absolute Gasteiger partial charge is 0.127 e. The SMILES string of the molecule is Cc1nc(CN(C)C(C)(C)C)c2cc(C3CCCCC3)sc2n1. The van der Waals surface area contributed by atoms with Crippen LogP contribution in [0.25, 0.3) is 10.2 Å². The molecule has 0 unspecified atom stereocenters. The van der Waals surface area contributed by atoms with Crippen molar-refractivity contribution in [1.82, 2.24) is 14.9 Å². The molecule has 1 saturated carbocycles. The van der Waals surface area contributed by atoms with Gasteiger partial charge in [0.15, 0.2) is 0 Å². The minimum Gasteiger partial charge on any atom is -0.296 e. The number of aromatic nitrogens is 2. The van der Waals surface area contributed by atoms with E-state index in [9.17, 15) is 0 Å². The van der Waals surface area contributed by atoms with Crippen LogP contribution in [0.5, 0.6) is 0 Å². The molecule has 3 rings (SSSR count). The Hall–Kier alpha value is -1.00. The maximum atomic E-state index is 4.77. The monoisotopic (exact) mass is 331 g/mol. The van der Waals surface area contributed by atoms with Crippen LogP contribution in [0.4, 0.5) is 0 Å². The lowest BCUT2D eigenvalue weighted by Crippen LogP contribution is -2.37. The summed E-state index contributed by atoms with van der Waals surface area (Å²) in [6, 6.07) is 2.39. The van der Waals surface area contributed by atoms with Gasteiger partial charge in [-0.2, -0.15) is 0 Å². The molecule has 4 heteroatoms. The van der Waals surface area contributed by atoms with Gasteiger partial charge in [0, 0.05) is 22.3 Å². The summed E-state index contributed by atoms with van der Waals surface area (Å²) in [7, 11) is 2.18. The molecule has 0 spiro atoms. The zero-order valence-electron chi connectivity index (χ0n) is 15.1. The average Bonchev–Trinajstić information content (AvgIpc) is 2.91. The van der Waals surface area contributed by atoms with Gasteiger partial charge in [-0.3, -0.25) is 4.90 Å². The number of fused-ring (bicyclic) bond motifs is 1. The first-order valence-corrected chi connectivity index (χ1v) is 9.64. The predicted octanol–water partition coefficient (Wildman–Crippen LogP) is 5.28. The standard InChI is InChI=1S/C19H29N3S/c1-13-20-16(12-22(5)19(2,3)4)15-11-17(23-18(15)21-13)14-9-7-6-8-10-14/h11,14H,6-10,12H2,1-5H3. The molecule has 2 aromatic heterocycles. The van der Waals surface area contributed by atoms with E-state index in [4.69, 9.17) is 9.97 Å². The minimum absolute atomic E-state index is 0.146. The van der Waals surface area contributed by atoms with Crippen LogP contribution in [0.2, 0.25) is 0 Å². The summed E-state index contributed by atoms with van der Waals surface area (Å²) in [6.07, 6.45) is 6.85. The first-order valence-electron chi connectivity index (χ1n) is 8.83. The topological polar surface area (TPSA) is 29.0 Å². The summed E-state index contributed by atoms with van der Waals surface area (Å²) in [4.78, 5) is 14.5. The quantitative estimate of drug-likeness (QED) is 0.766. The van der Waals surface area contributed by atoms with Crippen LogP contribution in [0, 0.1) is 6.92 Å². The fourth-order valence-corrected chi connectivity index (χ4v) is 4.55. The zero-order valence-corrected chi connectivity index (χ0v) is 16.0. The van der Waals surface area contributed by atoms with E-state index in [2.05, 4.69) is 38.8 Å². The molecule has 2 aromatic rings. The molecule has 0 radical (unpaired) electrons. The van der Waals surface area contributed by atoms with Gasteiger partial charge in [0.25, 0.3) is 0 Å². The minimum atomic E-state index is 0.146. The van der Waals surface area contributed by atoms with Crippen molar-refractivity contribution in [2.24, 2.45) is 0 Å². The van der Waals surface area contributed by atoms with Crippen molar-refractivity contribution in [1.29, 1.82) is 0 Å². The lowest BCUT2D eigenvalue weighted by atomic mass is 9.88. The maximum absolute atomic E-state index is 4.77. The van der Waals surface area contributed by atoms with Crippen LogP contribution in [0.3, 0.4) is 0 Å². The van der Waals surface area contributed by atoms with Gasteiger partial charge >= 0.3 is 0 Å². The summed E-state index contributed by atoms with van der Waals surface area (Å²) in [5.41, 5.74) is 1.33. The number of hydrogen-bond acceptors (Lipinski definition) is 4. The van der Waals surface area contributed by atoms with E-state index in [0.29, 0.717) is 0 Å². The van der Waals surface area contributed by atoms with E-state index in [0.717, 1.165) is 18.3 Å². The fraction of sp³-hybridized carbons (Fsp3) is 0.684. The Bertz CT molecular complexity index is 678. The highest BCUT2D eigenvalue weighted by molar-refractivity contribution is 7.18. The summed E-state index contributed by atoms with van der Waals surface area (Å²) in [6.45, 7) is 9.64. The molecule has 0 bridgehead atoms. The Kier molecular flexibility index (Phi) is 4.75. The van der Waals surface area contributed by atoms with Crippen molar-refractivity contribution < 1.29 is 0 Å². The van der Waals surface area contributed by atoms with Gasteiger partial charge in [-0.15, -0.1) is 11.3 Å². The lowest BCUT2D eigenvalue weighted by molar-refractivity contribution is 0.166. The van der Waals surface area contributed by atoms with E-state index < -0.39 is 0 Å². The molecule has 0 saturated heterocycles. The molecule has 0 atom stereocenters. The van der Waals surface area contributed by atoms with Crippen molar-refractivity contribution >= 4 is 21.6 Å². The Morgan fingerprint density at radius 3 is 2.52 bits per heavy atom. The zero-order chi connectivity index (χ0) is 16.6. The third kappa shape index (κ3) is 3.74. The van der Waals surface area contributed by atoms with E-state index in [1.807, 2.05) is 18.3 Å².